The van der Waals surface area contributed by atoms with Gasteiger partial charge in [0.15, 0.2) is 0 Å². The fourth-order valence-corrected chi connectivity index (χ4v) is 1.26. The summed E-state index contributed by atoms with van der Waals surface area (Å²) in [5, 5.41) is 3.13. The summed E-state index contributed by atoms with van der Waals surface area (Å²) in [7, 11) is 1.39. The SMILES string of the molecule is CC[C@](C)(NCc1ccco1)C(=O)OC. The van der Waals surface area contributed by atoms with Crippen molar-refractivity contribution in [2.24, 2.45) is 0 Å². The quantitative estimate of drug-likeness (QED) is 0.753. The van der Waals surface area contributed by atoms with Crippen LogP contribution in [0.25, 0.3) is 0 Å². The minimum Gasteiger partial charge on any atom is -0.468 e. The van der Waals surface area contributed by atoms with E-state index in [-0.39, 0.29) is 5.97 Å². The zero-order valence-corrected chi connectivity index (χ0v) is 9.37. The molecule has 4 nitrogen and oxygen atoms in total. The topological polar surface area (TPSA) is 51.5 Å². The molecule has 84 valence electrons. The Kier molecular flexibility index (Phi) is 3.91. The highest BCUT2D eigenvalue weighted by atomic mass is 16.5. The maximum absolute atomic E-state index is 11.5. The van der Waals surface area contributed by atoms with Crippen molar-refractivity contribution >= 4 is 5.97 Å². The normalized spacial score (nSPS) is 14.6. The first kappa shape index (κ1) is 11.8. The van der Waals surface area contributed by atoms with Gasteiger partial charge in [0.1, 0.15) is 11.3 Å². The molecule has 1 aromatic heterocycles. The summed E-state index contributed by atoms with van der Waals surface area (Å²) in [6, 6.07) is 3.68. The van der Waals surface area contributed by atoms with Gasteiger partial charge < -0.3 is 9.15 Å². The number of furan rings is 1. The molecule has 1 aromatic rings. The minimum atomic E-state index is -0.651. The van der Waals surface area contributed by atoms with Crippen LogP contribution < -0.4 is 5.32 Å². The highest BCUT2D eigenvalue weighted by molar-refractivity contribution is 5.80. The van der Waals surface area contributed by atoms with Crippen LogP contribution in [-0.2, 0) is 16.1 Å². The average Bonchev–Trinajstić information content (AvgIpc) is 2.77. The highest BCUT2D eigenvalue weighted by Crippen LogP contribution is 2.12. The van der Waals surface area contributed by atoms with Gasteiger partial charge in [-0.15, -0.1) is 0 Å². The van der Waals surface area contributed by atoms with Gasteiger partial charge in [-0.05, 0) is 25.5 Å². The van der Waals surface area contributed by atoms with Crippen LogP contribution in [0.2, 0.25) is 0 Å². The predicted octanol–water partition coefficient (Wildman–Crippen LogP) is 1.71. The van der Waals surface area contributed by atoms with Crippen molar-refractivity contribution in [1.29, 1.82) is 0 Å². The molecule has 0 saturated carbocycles. The van der Waals surface area contributed by atoms with Crippen LogP contribution >= 0.6 is 0 Å². The number of ether oxygens (including phenoxy) is 1. The number of rotatable bonds is 5. The molecule has 0 aliphatic rings. The number of nitrogens with one attached hydrogen (secondary N) is 1. The van der Waals surface area contributed by atoms with Crippen LogP contribution in [0.4, 0.5) is 0 Å². The van der Waals surface area contributed by atoms with Crippen molar-refractivity contribution in [1.82, 2.24) is 5.32 Å². The van der Waals surface area contributed by atoms with Gasteiger partial charge in [-0.3, -0.25) is 10.1 Å². The third-order valence-corrected chi connectivity index (χ3v) is 2.58. The Hall–Kier alpha value is -1.29. The van der Waals surface area contributed by atoms with Gasteiger partial charge in [-0.25, -0.2) is 0 Å². The van der Waals surface area contributed by atoms with Gasteiger partial charge in [-0.2, -0.15) is 0 Å². The van der Waals surface area contributed by atoms with Gasteiger partial charge in [0, 0.05) is 0 Å². The van der Waals surface area contributed by atoms with E-state index in [1.165, 1.54) is 7.11 Å². The molecule has 1 atom stereocenters. The predicted molar refractivity (Wildman–Crippen MR) is 56.3 cm³/mol. The molecule has 0 unspecified atom stereocenters. The largest absolute Gasteiger partial charge is 0.468 e. The van der Waals surface area contributed by atoms with E-state index in [2.05, 4.69) is 5.32 Å². The Bertz CT molecular complexity index is 308. The summed E-state index contributed by atoms with van der Waals surface area (Å²) in [5.74, 6) is 0.551. The van der Waals surface area contributed by atoms with E-state index in [1.807, 2.05) is 26.0 Å². The molecule has 0 bridgehead atoms. The maximum atomic E-state index is 11.5. The van der Waals surface area contributed by atoms with Crippen molar-refractivity contribution in [2.45, 2.75) is 32.4 Å². The van der Waals surface area contributed by atoms with Gasteiger partial charge in [0.05, 0.1) is 19.9 Å². The fourth-order valence-electron chi connectivity index (χ4n) is 1.26. The third-order valence-electron chi connectivity index (χ3n) is 2.58. The highest BCUT2D eigenvalue weighted by Gasteiger charge is 2.31. The second kappa shape index (κ2) is 4.98. The number of carbonyl (C=O) groups excluding carboxylic acids is 1. The standard InChI is InChI=1S/C11H17NO3/c1-4-11(2,10(13)14-3)12-8-9-6-5-7-15-9/h5-7,12H,4,8H2,1-3H3/t11-/m0/s1. The summed E-state index contributed by atoms with van der Waals surface area (Å²) < 4.78 is 9.92. The molecule has 4 heteroatoms. The second-order valence-corrected chi connectivity index (χ2v) is 3.61. The molecule has 0 aliphatic heterocycles. The molecule has 0 fully saturated rings. The Balaban J connectivity index is 2.57. The lowest BCUT2D eigenvalue weighted by Gasteiger charge is -2.25. The van der Waals surface area contributed by atoms with Gasteiger partial charge >= 0.3 is 5.97 Å². The molecule has 0 radical (unpaired) electrons. The monoisotopic (exact) mass is 211 g/mol. The Labute approximate surface area is 89.6 Å². The van der Waals surface area contributed by atoms with Crippen molar-refractivity contribution in [2.75, 3.05) is 7.11 Å². The zero-order chi connectivity index (χ0) is 11.3. The summed E-state index contributed by atoms with van der Waals surface area (Å²) in [6.07, 6.45) is 2.28. The van der Waals surface area contributed by atoms with E-state index < -0.39 is 5.54 Å². The van der Waals surface area contributed by atoms with Crippen LogP contribution in [0.5, 0.6) is 0 Å². The van der Waals surface area contributed by atoms with Crippen molar-refractivity contribution in [3.63, 3.8) is 0 Å². The van der Waals surface area contributed by atoms with Gasteiger partial charge in [0.25, 0.3) is 0 Å². The fraction of sp³-hybridized carbons (Fsp3) is 0.545. The number of methoxy groups -OCH3 is 1. The van der Waals surface area contributed by atoms with E-state index in [0.717, 1.165) is 5.76 Å². The second-order valence-electron chi connectivity index (χ2n) is 3.61. The van der Waals surface area contributed by atoms with Crippen LogP contribution in [-0.4, -0.2) is 18.6 Å². The molecule has 0 amide bonds. The molecule has 15 heavy (non-hydrogen) atoms. The lowest BCUT2D eigenvalue weighted by Crippen LogP contribution is -2.49. The smallest absolute Gasteiger partial charge is 0.325 e. The van der Waals surface area contributed by atoms with Crippen LogP contribution in [0.15, 0.2) is 22.8 Å². The lowest BCUT2D eigenvalue weighted by atomic mass is 9.99. The Morgan fingerprint density at radius 3 is 2.87 bits per heavy atom. The maximum Gasteiger partial charge on any atom is 0.325 e. The lowest BCUT2D eigenvalue weighted by molar-refractivity contribution is -0.148. The Morgan fingerprint density at radius 1 is 1.67 bits per heavy atom. The number of hydrogen-bond donors (Lipinski definition) is 1. The van der Waals surface area contributed by atoms with E-state index in [4.69, 9.17) is 9.15 Å². The first-order valence-corrected chi connectivity index (χ1v) is 4.98. The van der Waals surface area contributed by atoms with Gasteiger partial charge in [0.2, 0.25) is 0 Å². The third kappa shape index (κ3) is 2.83. The molecular weight excluding hydrogens is 194 g/mol. The van der Waals surface area contributed by atoms with E-state index in [1.54, 1.807) is 6.26 Å². The molecular formula is C11H17NO3. The number of carbonyl (C=O) groups is 1. The van der Waals surface area contributed by atoms with Crippen LogP contribution in [0.1, 0.15) is 26.0 Å². The zero-order valence-electron chi connectivity index (χ0n) is 9.37. The molecule has 1 heterocycles. The molecule has 1 rings (SSSR count). The van der Waals surface area contributed by atoms with E-state index in [9.17, 15) is 4.79 Å². The molecule has 0 aromatic carbocycles. The van der Waals surface area contributed by atoms with E-state index >= 15 is 0 Å². The molecule has 1 N–H and O–H groups in total. The van der Waals surface area contributed by atoms with Crippen molar-refractivity contribution in [3.8, 4) is 0 Å². The molecule has 0 saturated heterocycles. The van der Waals surface area contributed by atoms with Gasteiger partial charge in [-0.1, -0.05) is 6.92 Å². The number of hydrogen-bond acceptors (Lipinski definition) is 4. The average molecular weight is 211 g/mol. The van der Waals surface area contributed by atoms with Crippen LogP contribution in [0, 0.1) is 0 Å². The summed E-state index contributed by atoms with van der Waals surface area (Å²) in [4.78, 5) is 11.5. The van der Waals surface area contributed by atoms with Crippen molar-refractivity contribution < 1.29 is 13.9 Å². The summed E-state index contributed by atoms with van der Waals surface area (Å²) in [5.41, 5.74) is -0.651. The minimum absolute atomic E-state index is 0.253. The Morgan fingerprint density at radius 2 is 2.40 bits per heavy atom. The van der Waals surface area contributed by atoms with E-state index in [0.29, 0.717) is 13.0 Å². The van der Waals surface area contributed by atoms with Crippen LogP contribution in [0.3, 0.4) is 0 Å². The summed E-state index contributed by atoms with van der Waals surface area (Å²) >= 11 is 0. The first-order valence-electron chi connectivity index (χ1n) is 4.98. The molecule has 0 aliphatic carbocycles. The number of esters is 1. The van der Waals surface area contributed by atoms with Crippen molar-refractivity contribution in [3.05, 3.63) is 24.2 Å². The first-order chi connectivity index (χ1) is 7.12. The summed E-state index contributed by atoms with van der Waals surface area (Å²) in [6.45, 7) is 4.28. The molecule has 0 spiro atoms.